The number of nitrogens with two attached hydrogens (primary N) is 1. The van der Waals surface area contributed by atoms with Crippen LogP contribution < -0.4 is 16.5 Å². The molecule has 162 valence electrons. The summed E-state index contributed by atoms with van der Waals surface area (Å²) in [6.45, 7) is 1.02. The molecule has 13 nitrogen and oxygen atoms in total. The number of aliphatic carboxylic acids is 1. The first-order chi connectivity index (χ1) is 14.2. The Balaban J connectivity index is 0.00000341. The van der Waals surface area contributed by atoms with E-state index in [4.69, 9.17) is 15.8 Å². The second-order valence-electron chi connectivity index (χ2n) is 6.08. The van der Waals surface area contributed by atoms with Crippen LogP contribution in [0.5, 0.6) is 0 Å². The number of nitrogens with one attached hydrogen (secondary N) is 2. The maximum atomic E-state index is 12.6. The molecule has 1 aromatic rings. The molecule has 0 spiro atoms. The number of oxime groups is 1. The van der Waals surface area contributed by atoms with Crippen LogP contribution in [0.3, 0.4) is 0 Å². The monoisotopic (exact) mass is 480 g/mol. The summed E-state index contributed by atoms with van der Waals surface area (Å²) in [5.74, 6) is -3.10. The third-order valence-electron chi connectivity index (χ3n) is 4.08. The molecule has 0 aliphatic carbocycles. The van der Waals surface area contributed by atoms with Gasteiger partial charge in [-0.15, -0.1) is 23.1 Å². The molecule has 3 amide bonds. The number of anilines is 1. The summed E-state index contributed by atoms with van der Waals surface area (Å²) in [6.07, 6.45) is 0. The zero-order valence-corrected chi connectivity index (χ0v) is 17.0. The Kier molecular flexibility index (Phi) is 8.44. The number of carbonyl (C=O) groups excluding carboxylic acids is 3. The van der Waals surface area contributed by atoms with Crippen LogP contribution in [0.1, 0.15) is 12.6 Å². The number of rotatable bonds is 7. The molecule has 2 aliphatic rings. The van der Waals surface area contributed by atoms with Crippen molar-refractivity contribution in [2.75, 3.05) is 18.1 Å². The van der Waals surface area contributed by atoms with Crippen molar-refractivity contribution in [1.29, 1.82) is 0 Å². The van der Waals surface area contributed by atoms with Crippen molar-refractivity contribution < 1.29 is 34.3 Å². The number of amides is 3. The second kappa shape index (κ2) is 10.4. The van der Waals surface area contributed by atoms with Gasteiger partial charge in [-0.3, -0.25) is 24.1 Å². The molecule has 1 saturated heterocycles. The number of hydrogen-bond donors (Lipinski definition) is 5. The number of thioether (sulfide) groups is 1. The number of carboxylic acids is 1. The summed E-state index contributed by atoms with van der Waals surface area (Å²) in [5, 5.41) is 25.0. The number of nitrogen functional groups attached to an aromatic ring is 1. The number of fused-ring (bicyclic) bond motifs is 1. The molecule has 3 heterocycles. The molecule has 0 radical (unpaired) electrons. The van der Waals surface area contributed by atoms with E-state index in [9.17, 15) is 24.3 Å². The van der Waals surface area contributed by atoms with E-state index in [2.05, 4.69) is 20.9 Å². The van der Waals surface area contributed by atoms with E-state index in [0.717, 1.165) is 16.2 Å². The third-order valence-corrected chi connectivity index (χ3v) is 6.09. The number of hydrogen-bond acceptors (Lipinski definition) is 11. The van der Waals surface area contributed by atoms with Gasteiger partial charge in [0.2, 0.25) is 5.91 Å². The predicted octanol–water partition coefficient (Wildman–Crippen LogP) is -1.94. The van der Waals surface area contributed by atoms with Crippen LogP contribution in [0.25, 0.3) is 0 Å². The summed E-state index contributed by atoms with van der Waals surface area (Å²) in [6, 6.07) is -1.03. The van der Waals surface area contributed by atoms with E-state index in [-0.39, 0.29) is 58.4 Å². The Bertz CT molecular complexity index is 981. The van der Waals surface area contributed by atoms with Gasteiger partial charge in [0.25, 0.3) is 11.8 Å². The molecule has 1 aromatic heterocycles. The number of aromatic nitrogens is 1. The zero-order valence-electron chi connectivity index (χ0n) is 15.3. The topological polar surface area (TPSA) is 197 Å². The van der Waals surface area contributed by atoms with Gasteiger partial charge in [-0.1, -0.05) is 5.16 Å². The number of hydroxylamine groups is 1. The fraction of sp³-hybridized carbons (Fsp3) is 0.333. The molecule has 0 aromatic carbocycles. The van der Waals surface area contributed by atoms with Crippen LogP contribution in [0.2, 0.25) is 0 Å². The van der Waals surface area contributed by atoms with Crippen molar-refractivity contribution in [2.24, 2.45) is 5.16 Å². The maximum absolute atomic E-state index is 12.6. The first-order valence-electron chi connectivity index (χ1n) is 8.27. The number of carboxylic acid groups (broad SMARTS) is 1. The summed E-state index contributed by atoms with van der Waals surface area (Å²) in [7, 11) is 0. The third kappa shape index (κ3) is 5.19. The van der Waals surface area contributed by atoms with E-state index < -0.39 is 40.8 Å². The van der Waals surface area contributed by atoms with Gasteiger partial charge in [-0.05, 0) is 5.57 Å². The van der Waals surface area contributed by atoms with E-state index >= 15 is 0 Å². The SMILES string of the molecule is CC(=O)NOCC1=C(C(=O)O)N2C(=O)C(NC(=O)/C(=N\O)c3csc(N)n3)[C@H]2SC1.[NaH]. The van der Waals surface area contributed by atoms with Gasteiger partial charge in [-0.2, -0.15) is 0 Å². The second-order valence-corrected chi connectivity index (χ2v) is 8.08. The first-order valence-corrected chi connectivity index (χ1v) is 10.2. The predicted molar refractivity (Wildman–Crippen MR) is 111 cm³/mol. The van der Waals surface area contributed by atoms with Crippen LogP contribution in [-0.4, -0.2) is 103 Å². The Hall–Kier alpha value is -2.17. The van der Waals surface area contributed by atoms with Crippen molar-refractivity contribution in [1.82, 2.24) is 20.7 Å². The van der Waals surface area contributed by atoms with Gasteiger partial charge in [0.1, 0.15) is 22.8 Å². The molecule has 1 fully saturated rings. The fourth-order valence-electron chi connectivity index (χ4n) is 2.84. The molecular formula is C15H17N6NaO7S2. The molecular weight excluding hydrogens is 463 g/mol. The van der Waals surface area contributed by atoms with Crippen molar-refractivity contribution in [3.8, 4) is 0 Å². The Morgan fingerprint density at radius 1 is 1.45 bits per heavy atom. The van der Waals surface area contributed by atoms with Gasteiger partial charge in [-0.25, -0.2) is 15.3 Å². The van der Waals surface area contributed by atoms with E-state index in [1.54, 1.807) is 0 Å². The zero-order chi connectivity index (χ0) is 22.0. The van der Waals surface area contributed by atoms with Gasteiger partial charge < -0.3 is 21.4 Å². The molecule has 3 rings (SSSR count). The molecule has 31 heavy (non-hydrogen) atoms. The normalized spacial score (nSPS) is 20.4. The summed E-state index contributed by atoms with van der Waals surface area (Å²) in [4.78, 5) is 57.5. The molecule has 1 unspecified atom stereocenters. The number of nitrogens with zero attached hydrogens (tertiary/aromatic N) is 3. The Morgan fingerprint density at radius 2 is 2.16 bits per heavy atom. The Labute approximate surface area is 205 Å². The molecule has 2 atom stereocenters. The van der Waals surface area contributed by atoms with E-state index in [1.807, 2.05) is 0 Å². The average Bonchev–Trinajstić information content (AvgIpc) is 3.11. The van der Waals surface area contributed by atoms with Gasteiger partial charge in [0.15, 0.2) is 10.8 Å². The van der Waals surface area contributed by atoms with Crippen LogP contribution in [0, 0.1) is 0 Å². The van der Waals surface area contributed by atoms with Gasteiger partial charge >= 0.3 is 35.5 Å². The quantitative estimate of drug-likeness (QED) is 0.0962. The van der Waals surface area contributed by atoms with Crippen molar-refractivity contribution in [3.05, 3.63) is 22.3 Å². The first kappa shape index (κ1) is 25.1. The average molecular weight is 480 g/mol. The summed E-state index contributed by atoms with van der Waals surface area (Å²) in [5.41, 5.74) is 7.26. The molecule has 16 heteroatoms. The van der Waals surface area contributed by atoms with Gasteiger partial charge in [0.05, 0.1) is 6.61 Å². The van der Waals surface area contributed by atoms with Gasteiger partial charge in [0, 0.05) is 18.1 Å². The molecule has 0 saturated carbocycles. The number of carbonyl (C=O) groups is 4. The van der Waals surface area contributed by atoms with Crippen LogP contribution in [0.15, 0.2) is 21.8 Å². The van der Waals surface area contributed by atoms with Crippen LogP contribution in [0.4, 0.5) is 5.13 Å². The Morgan fingerprint density at radius 3 is 2.71 bits per heavy atom. The molecule has 0 bridgehead atoms. The van der Waals surface area contributed by atoms with E-state index in [1.165, 1.54) is 24.1 Å². The minimum absolute atomic E-state index is 0. The van der Waals surface area contributed by atoms with Crippen LogP contribution in [-0.2, 0) is 24.0 Å². The number of thiazole rings is 1. The van der Waals surface area contributed by atoms with Crippen molar-refractivity contribution >= 4 is 87.2 Å². The minimum atomic E-state index is -1.34. The molecule has 6 N–H and O–H groups in total. The molecule has 2 aliphatic heterocycles. The van der Waals surface area contributed by atoms with E-state index in [0.29, 0.717) is 5.57 Å². The summed E-state index contributed by atoms with van der Waals surface area (Å²) < 4.78 is 0. The van der Waals surface area contributed by atoms with Crippen LogP contribution >= 0.6 is 23.1 Å². The number of β-lactam (4-membered cyclic amide) rings is 1. The summed E-state index contributed by atoms with van der Waals surface area (Å²) >= 11 is 2.26. The van der Waals surface area contributed by atoms with Crippen molar-refractivity contribution in [2.45, 2.75) is 18.3 Å². The fourth-order valence-corrected chi connectivity index (χ4v) is 4.71. The standard InChI is InChI=1S/C15H16N6O7S2.Na.H/c1-5(22)20-28-2-6-3-29-13-9(12(24)21(13)10(6)14(25)26)18-11(23)8(19-27)7-4-30-15(16)17-7;;/h4,9,13,27H,2-3H2,1H3,(H2,16,17)(H,18,23)(H,20,22)(H,25,26);;/b19-8-;;/t9?,13-;;/m1../s1. The van der Waals surface area contributed by atoms with Crippen molar-refractivity contribution in [3.63, 3.8) is 0 Å².